The number of hydrogen-bond acceptors (Lipinski definition) is 6. The van der Waals surface area contributed by atoms with E-state index in [0.717, 1.165) is 0 Å². The number of aliphatic hydroxyl groups is 4. The number of hydrogen-bond donors (Lipinski definition) is 6. The molecular formula is C6H12O8Sr. The fourth-order valence-corrected chi connectivity index (χ4v) is 0.666. The zero-order chi connectivity index (χ0) is 11.5. The van der Waals surface area contributed by atoms with Gasteiger partial charge in [0.2, 0.25) is 0 Å². The predicted octanol–water partition coefficient (Wildman–Crippen LogP) is -3.56. The molecule has 0 fully saturated rings. The van der Waals surface area contributed by atoms with E-state index in [0.29, 0.717) is 0 Å². The summed E-state index contributed by atoms with van der Waals surface area (Å²) >= 11 is 0. The van der Waals surface area contributed by atoms with Crippen molar-refractivity contribution < 1.29 is 43.1 Å². The van der Waals surface area contributed by atoms with Gasteiger partial charge in [0.05, 0.1) is 0 Å². The van der Waals surface area contributed by atoms with Crippen molar-refractivity contribution in [3.05, 3.63) is 0 Å². The Morgan fingerprint density at radius 1 is 0.800 bits per heavy atom. The van der Waals surface area contributed by atoms with E-state index in [9.17, 15) is 9.59 Å². The van der Waals surface area contributed by atoms with Crippen molar-refractivity contribution >= 4 is 57.4 Å². The maximum Gasteiger partial charge on any atom is 2.00 e. The summed E-state index contributed by atoms with van der Waals surface area (Å²) in [6, 6.07) is 0. The van der Waals surface area contributed by atoms with Crippen molar-refractivity contribution in [1.29, 1.82) is 0 Å². The first-order valence-corrected chi connectivity index (χ1v) is 3.47. The zero-order valence-corrected chi connectivity index (χ0v) is 11.0. The number of rotatable bonds is 5. The molecule has 9 heteroatoms. The Morgan fingerprint density at radius 2 is 1.00 bits per heavy atom. The molecule has 0 radical (unpaired) electrons. The Kier molecular flexibility index (Phi) is 8.85. The molecule has 0 rings (SSSR count). The molecule has 0 aliphatic carbocycles. The minimum Gasteiger partial charge on any atom is -1.00 e. The Hall–Kier alpha value is 0.261. The van der Waals surface area contributed by atoms with Crippen LogP contribution in [0.1, 0.15) is 2.85 Å². The normalized spacial score (nSPS) is 18.1. The standard InChI is InChI=1S/C6H10O8.Sr.2H/c7-1(3(9)5(11)12)2(8)4(10)6(13)14;;;/h1-4,7-10H,(H,11,12)(H,13,14);;;/q;+2;2*-1. The number of carbonyl (C=O) groups is 2. The summed E-state index contributed by atoms with van der Waals surface area (Å²) in [4.78, 5) is 20.2. The first-order chi connectivity index (χ1) is 6.29. The molecule has 4 unspecified atom stereocenters. The van der Waals surface area contributed by atoms with Crippen molar-refractivity contribution in [3.63, 3.8) is 0 Å². The molecule has 6 N–H and O–H groups in total. The quantitative estimate of drug-likeness (QED) is 0.285. The van der Waals surface area contributed by atoms with Crippen LogP contribution >= 0.6 is 0 Å². The molecule has 0 amide bonds. The molecule has 4 atom stereocenters. The van der Waals surface area contributed by atoms with Crippen molar-refractivity contribution in [1.82, 2.24) is 0 Å². The fourth-order valence-electron chi connectivity index (χ4n) is 0.666. The molecule has 0 heterocycles. The van der Waals surface area contributed by atoms with Gasteiger partial charge in [-0.3, -0.25) is 0 Å². The van der Waals surface area contributed by atoms with E-state index in [4.69, 9.17) is 30.6 Å². The van der Waals surface area contributed by atoms with Crippen molar-refractivity contribution in [3.8, 4) is 0 Å². The van der Waals surface area contributed by atoms with E-state index in [-0.39, 0.29) is 48.3 Å². The summed E-state index contributed by atoms with van der Waals surface area (Å²) in [5, 5.41) is 51.5. The van der Waals surface area contributed by atoms with Crippen LogP contribution < -0.4 is 0 Å². The monoisotopic (exact) mass is 300 g/mol. The van der Waals surface area contributed by atoms with E-state index in [1.807, 2.05) is 0 Å². The number of carboxylic acids is 2. The van der Waals surface area contributed by atoms with E-state index < -0.39 is 36.4 Å². The van der Waals surface area contributed by atoms with Crippen LogP contribution in [0, 0.1) is 0 Å². The molecule has 15 heavy (non-hydrogen) atoms. The number of aliphatic hydroxyl groups excluding tert-OH is 4. The van der Waals surface area contributed by atoms with Crippen molar-refractivity contribution in [2.45, 2.75) is 24.4 Å². The second-order valence-corrected chi connectivity index (χ2v) is 2.55. The summed E-state index contributed by atoms with van der Waals surface area (Å²) in [7, 11) is 0. The van der Waals surface area contributed by atoms with Gasteiger partial charge in [-0.15, -0.1) is 0 Å². The van der Waals surface area contributed by atoms with Crippen molar-refractivity contribution in [2.24, 2.45) is 0 Å². The van der Waals surface area contributed by atoms with E-state index in [1.54, 1.807) is 0 Å². The van der Waals surface area contributed by atoms with Crippen LogP contribution in [0.4, 0.5) is 0 Å². The minimum absolute atomic E-state index is 0. The second-order valence-electron chi connectivity index (χ2n) is 2.55. The van der Waals surface area contributed by atoms with Gasteiger partial charge in [0.25, 0.3) is 0 Å². The van der Waals surface area contributed by atoms with E-state index >= 15 is 0 Å². The van der Waals surface area contributed by atoms with Gasteiger partial charge in [-0.25, -0.2) is 9.59 Å². The molecular weight excluding hydrogens is 288 g/mol. The SMILES string of the molecule is O=C(O)C(O)C(O)C(O)C(O)C(=O)O.[H-].[H-].[Sr+2]. The summed E-state index contributed by atoms with van der Waals surface area (Å²) in [6.45, 7) is 0. The Balaban J connectivity index is -0.000000282. The summed E-state index contributed by atoms with van der Waals surface area (Å²) in [5.41, 5.74) is 0. The van der Waals surface area contributed by atoms with E-state index in [1.165, 1.54) is 0 Å². The molecule has 0 saturated heterocycles. The van der Waals surface area contributed by atoms with Crippen LogP contribution in [0.3, 0.4) is 0 Å². The molecule has 0 bridgehead atoms. The Morgan fingerprint density at radius 3 is 1.13 bits per heavy atom. The average molecular weight is 300 g/mol. The molecule has 0 saturated carbocycles. The second kappa shape index (κ2) is 7.52. The van der Waals surface area contributed by atoms with Crippen LogP contribution in [0.2, 0.25) is 0 Å². The van der Waals surface area contributed by atoms with Gasteiger partial charge in [0.1, 0.15) is 12.2 Å². The number of carboxylic acid groups (broad SMARTS) is 2. The third kappa shape index (κ3) is 5.22. The maximum absolute atomic E-state index is 10.1. The van der Waals surface area contributed by atoms with Gasteiger partial charge in [0, 0.05) is 0 Å². The minimum atomic E-state index is -2.36. The molecule has 0 aromatic rings. The van der Waals surface area contributed by atoms with Gasteiger partial charge < -0.3 is 33.5 Å². The fraction of sp³-hybridized carbons (Fsp3) is 0.667. The predicted molar refractivity (Wildman–Crippen MR) is 47.3 cm³/mol. The van der Waals surface area contributed by atoms with Crippen LogP contribution in [-0.4, -0.2) is 112 Å². The molecule has 0 aliphatic heterocycles. The van der Waals surface area contributed by atoms with Gasteiger partial charge in [-0.1, -0.05) is 0 Å². The molecule has 8 nitrogen and oxygen atoms in total. The summed E-state index contributed by atoms with van der Waals surface area (Å²) in [5.74, 6) is -3.68. The van der Waals surface area contributed by atoms with E-state index in [2.05, 4.69) is 0 Å². The molecule has 0 spiro atoms. The molecule has 0 aromatic carbocycles. The smallest absolute Gasteiger partial charge is 1.00 e. The number of aliphatic carboxylic acids is 2. The Bertz CT molecular complexity index is 216. The van der Waals surface area contributed by atoms with Gasteiger partial charge in [0.15, 0.2) is 12.2 Å². The summed E-state index contributed by atoms with van der Waals surface area (Å²) in [6.07, 6.45) is -9.28. The third-order valence-corrected chi connectivity index (χ3v) is 1.50. The van der Waals surface area contributed by atoms with Crippen LogP contribution in [0.25, 0.3) is 0 Å². The molecule has 0 aromatic heterocycles. The first kappa shape index (κ1) is 17.6. The van der Waals surface area contributed by atoms with Gasteiger partial charge in [-0.2, -0.15) is 0 Å². The Labute approximate surface area is 124 Å². The topological polar surface area (TPSA) is 156 Å². The third-order valence-electron chi connectivity index (χ3n) is 1.50. The zero-order valence-electron chi connectivity index (χ0n) is 9.52. The van der Waals surface area contributed by atoms with Crippen LogP contribution in [-0.2, 0) is 9.59 Å². The van der Waals surface area contributed by atoms with Crippen molar-refractivity contribution in [2.75, 3.05) is 0 Å². The van der Waals surface area contributed by atoms with Crippen LogP contribution in [0.15, 0.2) is 0 Å². The summed E-state index contributed by atoms with van der Waals surface area (Å²) < 4.78 is 0. The van der Waals surface area contributed by atoms with Gasteiger partial charge in [-0.05, 0) is 0 Å². The largest absolute Gasteiger partial charge is 2.00 e. The molecule has 86 valence electrons. The average Bonchev–Trinajstić information content (AvgIpc) is 2.12. The molecule has 0 aliphatic rings. The van der Waals surface area contributed by atoms with Gasteiger partial charge >= 0.3 is 57.4 Å². The maximum atomic E-state index is 10.1. The first-order valence-electron chi connectivity index (χ1n) is 3.47. The van der Waals surface area contributed by atoms with Crippen LogP contribution in [0.5, 0.6) is 0 Å².